The van der Waals surface area contributed by atoms with Crippen LogP contribution >= 0.6 is 0 Å². The minimum atomic E-state index is -0.152. The number of hydrogen-bond acceptors (Lipinski definition) is 1. The van der Waals surface area contributed by atoms with Crippen molar-refractivity contribution in [3.63, 3.8) is 0 Å². The van der Waals surface area contributed by atoms with Crippen LogP contribution in [0.2, 0.25) is 0 Å². The molecule has 0 N–H and O–H groups in total. The van der Waals surface area contributed by atoms with Crippen molar-refractivity contribution in [2.24, 2.45) is 16.2 Å². The van der Waals surface area contributed by atoms with Crippen molar-refractivity contribution in [1.29, 1.82) is 0 Å². The van der Waals surface area contributed by atoms with E-state index in [0.29, 0.717) is 12.2 Å². The smallest absolute Gasteiger partial charge is 0.140 e. The van der Waals surface area contributed by atoms with Crippen LogP contribution in [-0.2, 0) is 4.79 Å². The second kappa shape index (κ2) is 4.89. The molecule has 0 aromatic heterocycles. The van der Waals surface area contributed by atoms with Gasteiger partial charge in [0.1, 0.15) is 5.78 Å². The highest BCUT2D eigenvalue weighted by atomic mass is 16.1. The molecule has 0 radical (unpaired) electrons. The average Bonchev–Trinajstić information content (AvgIpc) is 2.00. The highest BCUT2D eigenvalue weighted by Crippen LogP contribution is 2.47. The van der Waals surface area contributed by atoms with Gasteiger partial charge in [0.15, 0.2) is 0 Å². The van der Waals surface area contributed by atoms with Crippen molar-refractivity contribution in [1.82, 2.24) is 0 Å². The van der Waals surface area contributed by atoms with Crippen LogP contribution in [-0.4, -0.2) is 5.78 Å². The Kier molecular flexibility index (Phi) is 4.79. The Labute approximate surface area is 102 Å². The quantitative estimate of drug-likeness (QED) is 0.670. The molecule has 16 heavy (non-hydrogen) atoms. The molecule has 0 saturated carbocycles. The van der Waals surface area contributed by atoms with E-state index < -0.39 is 0 Å². The van der Waals surface area contributed by atoms with Gasteiger partial charge in [0.2, 0.25) is 0 Å². The number of carbonyl (C=O) groups excluding carboxylic acids is 1. The Hall–Kier alpha value is -0.330. The van der Waals surface area contributed by atoms with Crippen LogP contribution in [0.25, 0.3) is 0 Å². The summed E-state index contributed by atoms with van der Waals surface area (Å²) in [6.07, 6.45) is 2.58. The van der Waals surface area contributed by atoms with Crippen molar-refractivity contribution in [2.75, 3.05) is 0 Å². The zero-order valence-electron chi connectivity index (χ0n) is 12.5. The van der Waals surface area contributed by atoms with Gasteiger partial charge >= 0.3 is 0 Å². The lowest BCUT2D eigenvalue weighted by Gasteiger charge is -2.44. The van der Waals surface area contributed by atoms with E-state index in [9.17, 15) is 4.79 Å². The number of ketones is 1. The molecule has 0 atom stereocenters. The second-order valence-electron chi connectivity index (χ2n) is 7.20. The Morgan fingerprint density at radius 1 is 0.875 bits per heavy atom. The topological polar surface area (TPSA) is 17.1 Å². The van der Waals surface area contributed by atoms with Gasteiger partial charge in [-0.15, -0.1) is 0 Å². The van der Waals surface area contributed by atoms with Crippen LogP contribution in [0.4, 0.5) is 0 Å². The van der Waals surface area contributed by atoms with E-state index in [4.69, 9.17) is 0 Å². The molecular weight excluding hydrogens is 196 g/mol. The Morgan fingerprint density at radius 2 is 1.25 bits per heavy atom. The van der Waals surface area contributed by atoms with Crippen molar-refractivity contribution in [3.05, 3.63) is 0 Å². The summed E-state index contributed by atoms with van der Waals surface area (Å²) in [5.41, 5.74) is -0.00294. The molecule has 0 amide bonds. The number of rotatable bonds is 4. The molecule has 1 heteroatoms. The molecule has 0 saturated heterocycles. The predicted octanol–water partition coefficient (Wildman–Crippen LogP) is 4.84. The third-order valence-electron chi connectivity index (χ3n) is 3.87. The van der Waals surface area contributed by atoms with E-state index >= 15 is 0 Å². The van der Waals surface area contributed by atoms with Gasteiger partial charge in [-0.1, -0.05) is 55.4 Å². The van der Waals surface area contributed by atoms with Gasteiger partial charge in [-0.3, -0.25) is 4.79 Å². The third kappa shape index (κ3) is 3.33. The third-order valence-corrected chi connectivity index (χ3v) is 3.87. The molecule has 0 bridgehead atoms. The van der Waals surface area contributed by atoms with E-state index in [-0.39, 0.29) is 16.2 Å². The first kappa shape index (κ1) is 15.7. The first-order valence-corrected chi connectivity index (χ1v) is 6.53. The van der Waals surface area contributed by atoms with Crippen molar-refractivity contribution < 1.29 is 4.79 Å². The maximum absolute atomic E-state index is 12.6. The maximum atomic E-state index is 12.6. The predicted molar refractivity (Wildman–Crippen MR) is 71.5 cm³/mol. The lowest BCUT2D eigenvalue weighted by molar-refractivity contribution is -0.138. The Balaban J connectivity index is 5.15. The summed E-state index contributed by atoms with van der Waals surface area (Å²) in [4.78, 5) is 12.6. The Bertz CT molecular complexity index is 233. The second-order valence-corrected chi connectivity index (χ2v) is 7.20. The van der Waals surface area contributed by atoms with E-state index in [1.165, 1.54) is 0 Å². The molecule has 0 aromatic rings. The molecule has 0 aliphatic rings. The summed E-state index contributed by atoms with van der Waals surface area (Å²) in [6.45, 7) is 17.3. The minimum absolute atomic E-state index is 0.0544. The van der Waals surface area contributed by atoms with Crippen molar-refractivity contribution in [3.8, 4) is 0 Å². The van der Waals surface area contributed by atoms with Gasteiger partial charge < -0.3 is 0 Å². The summed E-state index contributed by atoms with van der Waals surface area (Å²) in [5.74, 6) is 0.442. The molecule has 0 heterocycles. The van der Waals surface area contributed by atoms with Gasteiger partial charge in [-0.2, -0.15) is 0 Å². The number of hydrogen-bond donors (Lipinski definition) is 0. The van der Waals surface area contributed by atoms with Gasteiger partial charge in [0, 0.05) is 11.8 Å². The maximum Gasteiger partial charge on any atom is 0.140 e. The Morgan fingerprint density at radius 3 is 1.44 bits per heavy atom. The van der Waals surface area contributed by atoms with Crippen molar-refractivity contribution >= 4 is 5.78 Å². The molecular formula is C15H30O. The molecule has 96 valence electrons. The zero-order chi connectivity index (χ0) is 13.2. The molecule has 0 spiro atoms. The summed E-state index contributed by atoms with van der Waals surface area (Å²) in [7, 11) is 0. The largest absolute Gasteiger partial charge is 0.299 e. The molecule has 0 unspecified atom stereocenters. The fourth-order valence-electron chi connectivity index (χ4n) is 2.77. The van der Waals surface area contributed by atoms with Crippen molar-refractivity contribution in [2.45, 2.75) is 74.7 Å². The molecule has 0 fully saturated rings. The lowest BCUT2D eigenvalue weighted by atomic mass is 9.59. The SMILES string of the molecule is CCC(CC)(C(=O)CC(C)(C)C)C(C)(C)C. The highest BCUT2D eigenvalue weighted by molar-refractivity contribution is 5.86. The standard InChI is InChI=1S/C15H30O/c1-9-15(10-2,14(6,7)8)12(16)11-13(3,4)5/h9-11H2,1-8H3. The lowest BCUT2D eigenvalue weighted by Crippen LogP contribution is -2.43. The van der Waals surface area contributed by atoms with Crippen LogP contribution in [0.5, 0.6) is 0 Å². The number of carbonyl (C=O) groups is 1. The van der Waals surface area contributed by atoms with Crippen LogP contribution < -0.4 is 0 Å². The first-order chi connectivity index (χ1) is 7.00. The summed E-state index contributed by atoms with van der Waals surface area (Å²) >= 11 is 0. The monoisotopic (exact) mass is 226 g/mol. The normalized spacial score (nSPS) is 14.0. The molecule has 0 aromatic carbocycles. The van der Waals surface area contributed by atoms with Crippen LogP contribution in [0.15, 0.2) is 0 Å². The summed E-state index contributed by atoms with van der Waals surface area (Å²) in [6, 6.07) is 0. The van der Waals surface area contributed by atoms with Gasteiger partial charge in [-0.25, -0.2) is 0 Å². The summed E-state index contributed by atoms with van der Waals surface area (Å²) in [5, 5.41) is 0. The van der Waals surface area contributed by atoms with Gasteiger partial charge in [-0.05, 0) is 23.7 Å². The van der Waals surface area contributed by atoms with Crippen LogP contribution in [0, 0.1) is 16.2 Å². The fraction of sp³-hybridized carbons (Fsp3) is 0.933. The van der Waals surface area contributed by atoms with Gasteiger partial charge in [0.05, 0.1) is 0 Å². The van der Waals surface area contributed by atoms with Crippen LogP contribution in [0.3, 0.4) is 0 Å². The molecule has 0 rings (SSSR count). The number of Topliss-reactive ketones (excluding diaryl/α,β-unsaturated/α-hetero) is 1. The van der Waals surface area contributed by atoms with Crippen LogP contribution in [0.1, 0.15) is 74.7 Å². The average molecular weight is 226 g/mol. The zero-order valence-corrected chi connectivity index (χ0v) is 12.5. The molecule has 1 nitrogen and oxygen atoms in total. The minimum Gasteiger partial charge on any atom is -0.299 e. The van der Waals surface area contributed by atoms with E-state index in [2.05, 4.69) is 55.4 Å². The summed E-state index contributed by atoms with van der Waals surface area (Å²) < 4.78 is 0. The van der Waals surface area contributed by atoms with E-state index in [0.717, 1.165) is 12.8 Å². The van der Waals surface area contributed by atoms with Gasteiger partial charge in [0.25, 0.3) is 0 Å². The fourth-order valence-corrected chi connectivity index (χ4v) is 2.77. The highest BCUT2D eigenvalue weighted by Gasteiger charge is 2.45. The van der Waals surface area contributed by atoms with E-state index in [1.807, 2.05) is 0 Å². The molecule has 0 aliphatic carbocycles. The molecule has 0 aliphatic heterocycles. The first-order valence-electron chi connectivity index (χ1n) is 6.53. The van der Waals surface area contributed by atoms with E-state index in [1.54, 1.807) is 0 Å².